The van der Waals surface area contributed by atoms with Gasteiger partial charge in [0.25, 0.3) is 0 Å². The molecule has 0 aliphatic heterocycles. The normalized spacial score (nSPS) is 20.5. The average Bonchev–Trinajstić information content (AvgIpc) is 3.06. The van der Waals surface area contributed by atoms with Gasteiger partial charge >= 0.3 is 6.03 Å². The molecule has 24 heavy (non-hydrogen) atoms. The summed E-state index contributed by atoms with van der Waals surface area (Å²) in [7, 11) is 0. The summed E-state index contributed by atoms with van der Waals surface area (Å²) in [5, 5.41) is 6.46. The number of aromatic nitrogens is 2. The van der Waals surface area contributed by atoms with Gasteiger partial charge in [0.15, 0.2) is 5.13 Å². The fourth-order valence-electron chi connectivity index (χ4n) is 2.91. The Bertz CT molecular complexity index is 654. The molecule has 2 heterocycles. The first-order valence-electron chi connectivity index (χ1n) is 8.30. The molecule has 1 aliphatic carbocycles. The molecule has 0 radical (unpaired) electrons. The van der Waals surface area contributed by atoms with Crippen LogP contribution in [0.3, 0.4) is 0 Å². The van der Waals surface area contributed by atoms with Crippen molar-refractivity contribution in [3.63, 3.8) is 0 Å². The van der Waals surface area contributed by atoms with Gasteiger partial charge in [-0.2, -0.15) is 0 Å². The van der Waals surface area contributed by atoms with Crippen LogP contribution in [0.15, 0.2) is 30.7 Å². The van der Waals surface area contributed by atoms with E-state index in [0.717, 1.165) is 42.7 Å². The number of nitrogens with one attached hydrogen (secondary N) is 2. The van der Waals surface area contributed by atoms with E-state index in [4.69, 9.17) is 4.74 Å². The SMILES string of the molecule is CCO[C@H]1CC[C@H](NC(=O)Nc2ncc(-c3ccncc3)s2)CC1. The van der Waals surface area contributed by atoms with E-state index in [2.05, 4.69) is 20.6 Å². The number of carbonyl (C=O) groups excluding carboxylic acids is 1. The van der Waals surface area contributed by atoms with Crippen LogP contribution in [-0.2, 0) is 4.74 Å². The van der Waals surface area contributed by atoms with Crippen LogP contribution in [0, 0.1) is 0 Å². The largest absolute Gasteiger partial charge is 0.379 e. The Balaban J connectivity index is 1.48. The van der Waals surface area contributed by atoms with E-state index < -0.39 is 0 Å². The van der Waals surface area contributed by atoms with Crippen molar-refractivity contribution >= 4 is 22.5 Å². The van der Waals surface area contributed by atoms with Crippen LogP contribution < -0.4 is 10.6 Å². The Labute approximate surface area is 145 Å². The highest BCUT2D eigenvalue weighted by atomic mass is 32.1. The van der Waals surface area contributed by atoms with Crippen molar-refractivity contribution in [2.24, 2.45) is 0 Å². The first-order chi connectivity index (χ1) is 11.7. The predicted octanol–water partition coefficient (Wildman–Crippen LogP) is 3.67. The van der Waals surface area contributed by atoms with Crippen molar-refractivity contribution in [3.8, 4) is 10.4 Å². The number of carbonyl (C=O) groups is 1. The third-order valence-corrected chi connectivity index (χ3v) is 5.06. The van der Waals surface area contributed by atoms with E-state index in [1.807, 2.05) is 19.1 Å². The molecule has 2 amide bonds. The molecule has 0 saturated heterocycles. The van der Waals surface area contributed by atoms with Crippen LogP contribution in [0.1, 0.15) is 32.6 Å². The highest BCUT2D eigenvalue weighted by Crippen LogP contribution is 2.28. The number of ether oxygens (including phenoxy) is 1. The Morgan fingerprint density at radius 1 is 1.29 bits per heavy atom. The Morgan fingerprint density at radius 2 is 2.04 bits per heavy atom. The topological polar surface area (TPSA) is 76.1 Å². The van der Waals surface area contributed by atoms with Crippen molar-refractivity contribution < 1.29 is 9.53 Å². The zero-order valence-corrected chi connectivity index (χ0v) is 14.5. The summed E-state index contributed by atoms with van der Waals surface area (Å²) in [6, 6.07) is 3.87. The quantitative estimate of drug-likeness (QED) is 0.866. The molecule has 7 heteroatoms. The van der Waals surface area contributed by atoms with E-state index >= 15 is 0 Å². The smallest absolute Gasteiger partial charge is 0.321 e. The Morgan fingerprint density at radius 3 is 2.75 bits per heavy atom. The molecule has 0 bridgehead atoms. The van der Waals surface area contributed by atoms with E-state index in [-0.39, 0.29) is 12.1 Å². The molecule has 0 unspecified atom stereocenters. The lowest BCUT2D eigenvalue weighted by Crippen LogP contribution is -2.41. The van der Waals surface area contributed by atoms with E-state index in [1.54, 1.807) is 18.6 Å². The van der Waals surface area contributed by atoms with Gasteiger partial charge in [-0.05, 0) is 50.3 Å². The minimum Gasteiger partial charge on any atom is -0.379 e. The number of hydrogen-bond acceptors (Lipinski definition) is 5. The number of thiazole rings is 1. The standard InChI is InChI=1S/C17H22N4O2S/c1-2-23-14-5-3-13(4-6-14)20-16(22)21-17-19-11-15(24-17)12-7-9-18-10-8-12/h7-11,13-14H,2-6H2,1H3,(H2,19,20,21,22)/t13-,14-. The summed E-state index contributed by atoms with van der Waals surface area (Å²) in [5.74, 6) is 0. The summed E-state index contributed by atoms with van der Waals surface area (Å²) in [5.41, 5.74) is 1.05. The van der Waals surface area contributed by atoms with Crippen LogP contribution in [0.4, 0.5) is 9.93 Å². The lowest BCUT2D eigenvalue weighted by atomic mass is 9.93. The molecular formula is C17H22N4O2S. The Hall–Kier alpha value is -1.99. The summed E-state index contributed by atoms with van der Waals surface area (Å²) in [6.45, 7) is 2.78. The second-order valence-electron chi connectivity index (χ2n) is 5.79. The molecule has 128 valence electrons. The zero-order valence-electron chi connectivity index (χ0n) is 13.7. The van der Waals surface area contributed by atoms with Gasteiger partial charge in [0.1, 0.15) is 0 Å². The van der Waals surface area contributed by atoms with Crippen molar-refractivity contribution in [1.29, 1.82) is 0 Å². The maximum absolute atomic E-state index is 12.1. The fraction of sp³-hybridized carbons (Fsp3) is 0.471. The van der Waals surface area contributed by atoms with Gasteiger partial charge in [0, 0.05) is 31.2 Å². The van der Waals surface area contributed by atoms with E-state index in [1.165, 1.54) is 11.3 Å². The van der Waals surface area contributed by atoms with Crippen molar-refractivity contribution in [2.45, 2.75) is 44.8 Å². The first-order valence-corrected chi connectivity index (χ1v) is 9.11. The molecule has 1 aliphatic rings. The van der Waals surface area contributed by atoms with Crippen LogP contribution in [0.25, 0.3) is 10.4 Å². The third-order valence-electron chi connectivity index (χ3n) is 4.10. The van der Waals surface area contributed by atoms with Crippen LogP contribution in [-0.4, -0.2) is 34.8 Å². The van der Waals surface area contributed by atoms with E-state index in [9.17, 15) is 4.79 Å². The molecule has 0 atom stereocenters. The number of rotatable bonds is 5. The van der Waals surface area contributed by atoms with Gasteiger partial charge in [-0.3, -0.25) is 10.3 Å². The summed E-state index contributed by atoms with van der Waals surface area (Å²) >= 11 is 1.45. The molecule has 0 spiro atoms. The maximum atomic E-state index is 12.1. The monoisotopic (exact) mass is 346 g/mol. The second kappa shape index (κ2) is 8.21. The highest BCUT2D eigenvalue weighted by Gasteiger charge is 2.22. The van der Waals surface area contributed by atoms with E-state index in [0.29, 0.717) is 11.2 Å². The first kappa shape index (κ1) is 16.9. The van der Waals surface area contributed by atoms with Crippen molar-refractivity contribution in [2.75, 3.05) is 11.9 Å². The van der Waals surface area contributed by atoms with Crippen LogP contribution in [0.5, 0.6) is 0 Å². The van der Waals surface area contributed by atoms with Crippen molar-refractivity contribution in [3.05, 3.63) is 30.7 Å². The highest BCUT2D eigenvalue weighted by molar-refractivity contribution is 7.19. The maximum Gasteiger partial charge on any atom is 0.321 e. The summed E-state index contributed by atoms with van der Waals surface area (Å²) in [4.78, 5) is 21.4. The number of nitrogens with zero attached hydrogens (tertiary/aromatic N) is 2. The molecule has 2 aromatic rings. The minimum atomic E-state index is -0.189. The van der Waals surface area contributed by atoms with Crippen molar-refractivity contribution in [1.82, 2.24) is 15.3 Å². The lowest BCUT2D eigenvalue weighted by molar-refractivity contribution is 0.0313. The molecule has 2 aromatic heterocycles. The molecule has 1 saturated carbocycles. The van der Waals surface area contributed by atoms with Crippen LogP contribution in [0.2, 0.25) is 0 Å². The predicted molar refractivity (Wildman–Crippen MR) is 95.2 cm³/mol. The number of amides is 2. The second-order valence-corrected chi connectivity index (χ2v) is 6.82. The van der Waals surface area contributed by atoms with Gasteiger partial charge < -0.3 is 10.1 Å². The van der Waals surface area contributed by atoms with Crippen LogP contribution >= 0.6 is 11.3 Å². The third kappa shape index (κ3) is 4.52. The van der Waals surface area contributed by atoms with Gasteiger partial charge in [-0.1, -0.05) is 11.3 Å². The molecule has 6 nitrogen and oxygen atoms in total. The molecule has 3 rings (SSSR count). The molecule has 1 fully saturated rings. The van der Waals surface area contributed by atoms with Gasteiger partial charge in [-0.25, -0.2) is 9.78 Å². The summed E-state index contributed by atoms with van der Waals surface area (Å²) in [6.07, 6.45) is 9.52. The number of hydrogen-bond donors (Lipinski definition) is 2. The molecule has 0 aromatic carbocycles. The Kier molecular flexibility index (Phi) is 5.77. The van der Waals surface area contributed by atoms with Gasteiger partial charge in [0.05, 0.1) is 11.0 Å². The molecule has 2 N–H and O–H groups in total. The number of anilines is 1. The van der Waals surface area contributed by atoms with Gasteiger partial charge in [0.2, 0.25) is 0 Å². The lowest BCUT2D eigenvalue weighted by Gasteiger charge is -2.28. The number of pyridine rings is 1. The fourth-order valence-corrected chi connectivity index (χ4v) is 3.73. The molecular weight excluding hydrogens is 324 g/mol. The minimum absolute atomic E-state index is 0.189. The zero-order chi connectivity index (χ0) is 16.8. The number of urea groups is 1. The summed E-state index contributed by atoms with van der Waals surface area (Å²) < 4.78 is 5.64. The average molecular weight is 346 g/mol. The van der Waals surface area contributed by atoms with Gasteiger partial charge in [-0.15, -0.1) is 0 Å².